The van der Waals surface area contributed by atoms with Gasteiger partial charge in [0.2, 0.25) is 5.91 Å². The second-order valence-electron chi connectivity index (χ2n) is 5.87. The van der Waals surface area contributed by atoms with Gasteiger partial charge in [-0.05, 0) is 43.4 Å². The first-order valence-electron chi connectivity index (χ1n) is 7.47. The number of carbonyl (C=O) groups excluding carboxylic acids is 1. The summed E-state index contributed by atoms with van der Waals surface area (Å²) in [4.78, 5) is 14.8. The fraction of sp³-hybridized carbons (Fsp3) is 0.562. The summed E-state index contributed by atoms with van der Waals surface area (Å²) in [6.07, 6.45) is 3.85. The van der Waals surface area contributed by atoms with Crippen molar-refractivity contribution in [3.05, 3.63) is 34.9 Å². The fourth-order valence-electron chi connectivity index (χ4n) is 3.22. The van der Waals surface area contributed by atoms with Crippen LogP contribution >= 0.6 is 11.6 Å². The van der Waals surface area contributed by atoms with E-state index in [4.69, 9.17) is 11.6 Å². The molecule has 1 saturated heterocycles. The molecule has 2 aliphatic rings. The van der Waals surface area contributed by atoms with Crippen molar-refractivity contribution in [1.29, 1.82) is 0 Å². The summed E-state index contributed by atoms with van der Waals surface area (Å²) in [6.45, 7) is 4.29. The molecule has 3 rings (SSSR count). The molecule has 1 atom stereocenters. The number of hydrogen-bond donors (Lipinski definition) is 1. The van der Waals surface area contributed by atoms with Gasteiger partial charge >= 0.3 is 0 Å². The zero-order chi connectivity index (χ0) is 14.3. The largest absolute Gasteiger partial charge is 0.318 e. The molecule has 4 heteroatoms. The van der Waals surface area contributed by atoms with E-state index in [0.29, 0.717) is 6.04 Å². The molecule has 1 saturated carbocycles. The number of halogens is 1. The van der Waals surface area contributed by atoms with Crippen LogP contribution < -0.4 is 5.32 Å². The Morgan fingerprint density at radius 3 is 2.65 bits per heavy atom. The summed E-state index contributed by atoms with van der Waals surface area (Å²) < 4.78 is 0. The van der Waals surface area contributed by atoms with E-state index in [1.807, 2.05) is 24.3 Å². The van der Waals surface area contributed by atoms with Gasteiger partial charge in [0.05, 0.1) is 0 Å². The standard InChI is InChI=1S/C16H21ClN2O/c1-3-13(4-2)19-14(11-6-5-7-12(17)10-11)18-16(8-9-16)15(19)20/h5-7,10,13-14,18H,3-4,8-9H2,1-2H3. The Bertz CT molecular complexity index is 523. The van der Waals surface area contributed by atoms with Crippen LogP contribution in [0.15, 0.2) is 24.3 Å². The number of nitrogens with one attached hydrogen (secondary N) is 1. The van der Waals surface area contributed by atoms with E-state index in [2.05, 4.69) is 24.1 Å². The molecule has 1 unspecified atom stereocenters. The van der Waals surface area contributed by atoms with Crippen LogP contribution in [0.3, 0.4) is 0 Å². The number of carbonyl (C=O) groups is 1. The monoisotopic (exact) mass is 292 g/mol. The quantitative estimate of drug-likeness (QED) is 0.921. The summed E-state index contributed by atoms with van der Waals surface area (Å²) in [5.41, 5.74) is 0.803. The van der Waals surface area contributed by atoms with E-state index in [9.17, 15) is 4.79 Å². The Kier molecular flexibility index (Phi) is 3.51. The number of benzene rings is 1. The molecule has 0 radical (unpaired) electrons. The molecule has 1 aromatic rings. The van der Waals surface area contributed by atoms with Crippen LogP contribution in [0.25, 0.3) is 0 Å². The number of nitrogens with zero attached hydrogens (tertiary/aromatic N) is 1. The summed E-state index contributed by atoms with van der Waals surface area (Å²) in [5, 5.41) is 4.27. The molecule has 108 valence electrons. The summed E-state index contributed by atoms with van der Waals surface area (Å²) in [5.74, 6) is 0.274. The normalized spacial score (nSPS) is 23.9. The van der Waals surface area contributed by atoms with E-state index in [0.717, 1.165) is 36.3 Å². The molecule has 1 aliphatic heterocycles. The molecule has 1 aromatic carbocycles. The van der Waals surface area contributed by atoms with Crippen LogP contribution in [0.4, 0.5) is 0 Å². The maximum absolute atomic E-state index is 12.7. The van der Waals surface area contributed by atoms with E-state index >= 15 is 0 Å². The van der Waals surface area contributed by atoms with Gasteiger partial charge in [-0.25, -0.2) is 0 Å². The van der Waals surface area contributed by atoms with Gasteiger partial charge in [-0.15, -0.1) is 0 Å². The third-order valence-electron chi connectivity index (χ3n) is 4.59. The van der Waals surface area contributed by atoms with Crippen LogP contribution in [0.5, 0.6) is 0 Å². The molecule has 1 heterocycles. The molecule has 1 amide bonds. The first-order chi connectivity index (χ1) is 9.61. The predicted octanol–water partition coefficient (Wildman–Crippen LogP) is 3.49. The highest BCUT2D eigenvalue weighted by Crippen LogP contribution is 2.47. The van der Waals surface area contributed by atoms with Crippen molar-refractivity contribution in [2.24, 2.45) is 0 Å². The molecule has 2 fully saturated rings. The molecule has 0 aromatic heterocycles. The SMILES string of the molecule is CCC(CC)N1C(=O)C2(CC2)NC1c1cccc(Cl)c1. The summed E-state index contributed by atoms with van der Waals surface area (Å²) >= 11 is 6.11. The molecular formula is C16H21ClN2O. The lowest BCUT2D eigenvalue weighted by Crippen LogP contribution is -2.39. The topological polar surface area (TPSA) is 32.3 Å². The first-order valence-corrected chi connectivity index (χ1v) is 7.85. The Hall–Kier alpha value is -1.06. The molecule has 1 spiro atoms. The van der Waals surface area contributed by atoms with Gasteiger partial charge in [-0.1, -0.05) is 37.6 Å². The maximum Gasteiger partial charge on any atom is 0.244 e. The van der Waals surface area contributed by atoms with E-state index < -0.39 is 0 Å². The molecule has 1 aliphatic carbocycles. The maximum atomic E-state index is 12.7. The Morgan fingerprint density at radius 1 is 1.40 bits per heavy atom. The van der Waals surface area contributed by atoms with Gasteiger partial charge < -0.3 is 4.90 Å². The van der Waals surface area contributed by atoms with Gasteiger partial charge in [-0.3, -0.25) is 10.1 Å². The second kappa shape index (κ2) is 5.05. The Labute approximate surface area is 125 Å². The summed E-state index contributed by atoms with van der Waals surface area (Å²) in [6, 6.07) is 8.12. The molecule has 3 nitrogen and oxygen atoms in total. The Morgan fingerprint density at radius 2 is 2.10 bits per heavy atom. The van der Waals surface area contributed by atoms with Crippen molar-refractivity contribution in [2.45, 2.75) is 57.3 Å². The molecule has 20 heavy (non-hydrogen) atoms. The average Bonchev–Trinajstić information content (AvgIpc) is 3.17. The highest BCUT2D eigenvalue weighted by atomic mass is 35.5. The van der Waals surface area contributed by atoms with Crippen molar-refractivity contribution in [1.82, 2.24) is 10.2 Å². The van der Waals surface area contributed by atoms with Gasteiger partial charge in [0.1, 0.15) is 11.7 Å². The van der Waals surface area contributed by atoms with Gasteiger partial charge in [0, 0.05) is 11.1 Å². The third kappa shape index (κ3) is 2.13. The van der Waals surface area contributed by atoms with Gasteiger partial charge in [0.25, 0.3) is 0 Å². The van der Waals surface area contributed by atoms with Crippen molar-refractivity contribution in [2.75, 3.05) is 0 Å². The molecular weight excluding hydrogens is 272 g/mol. The van der Waals surface area contributed by atoms with Crippen molar-refractivity contribution >= 4 is 17.5 Å². The molecule has 1 N–H and O–H groups in total. The van der Waals surface area contributed by atoms with Crippen LogP contribution in [0, 0.1) is 0 Å². The second-order valence-corrected chi connectivity index (χ2v) is 6.30. The first kappa shape index (κ1) is 13.9. The summed E-state index contributed by atoms with van der Waals surface area (Å²) in [7, 11) is 0. The minimum Gasteiger partial charge on any atom is -0.318 e. The van der Waals surface area contributed by atoms with Crippen molar-refractivity contribution in [3.8, 4) is 0 Å². The smallest absolute Gasteiger partial charge is 0.244 e. The molecule has 0 bridgehead atoms. The number of rotatable bonds is 4. The predicted molar refractivity (Wildman–Crippen MR) is 80.5 cm³/mol. The number of amides is 1. The van der Waals surface area contributed by atoms with E-state index in [1.54, 1.807) is 0 Å². The highest BCUT2D eigenvalue weighted by Gasteiger charge is 2.60. The lowest BCUT2D eigenvalue weighted by molar-refractivity contribution is -0.133. The van der Waals surface area contributed by atoms with Crippen LogP contribution in [-0.4, -0.2) is 22.4 Å². The highest BCUT2D eigenvalue weighted by molar-refractivity contribution is 6.30. The van der Waals surface area contributed by atoms with Crippen LogP contribution in [0.2, 0.25) is 5.02 Å². The Balaban J connectivity index is 1.97. The average molecular weight is 293 g/mol. The van der Waals surface area contributed by atoms with Crippen LogP contribution in [0.1, 0.15) is 51.3 Å². The lowest BCUT2D eigenvalue weighted by atomic mass is 10.1. The zero-order valence-electron chi connectivity index (χ0n) is 12.0. The van der Waals surface area contributed by atoms with E-state index in [-0.39, 0.29) is 17.6 Å². The minimum absolute atomic E-state index is 0.0337. The third-order valence-corrected chi connectivity index (χ3v) is 4.82. The fourth-order valence-corrected chi connectivity index (χ4v) is 3.42. The van der Waals surface area contributed by atoms with Crippen LogP contribution in [-0.2, 0) is 4.79 Å². The van der Waals surface area contributed by atoms with Crippen molar-refractivity contribution < 1.29 is 4.79 Å². The van der Waals surface area contributed by atoms with E-state index in [1.165, 1.54) is 0 Å². The lowest BCUT2D eigenvalue weighted by Gasteiger charge is -2.32. The number of hydrogen-bond acceptors (Lipinski definition) is 2. The van der Waals surface area contributed by atoms with Gasteiger partial charge in [-0.2, -0.15) is 0 Å². The minimum atomic E-state index is -0.282. The van der Waals surface area contributed by atoms with Gasteiger partial charge in [0.15, 0.2) is 0 Å². The zero-order valence-corrected chi connectivity index (χ0v) is 12.8. The van der Waals surface area contributed by atoms with Crippen molar-refractivity contribution in [3.63, 3.8) is 0 Å².